The van der Waals surface area contributed by atoms with E-state index in [1.165, 1.54) is 0 Å². The fraction of sp³-hybridized carbons (Fsp3) is 0.312. The molecular weight excluding hydrogens is 492 g/mol. The second-order valence-corrected chi connectivity index (χ2v) is 11.0. The van der Waals surface area contributed by atoms with Crippen LogP contribution in [0.4, 0.5) is 0 Å². The summed E-state index contributed by atoms with van der Waals surface area (Å²) in [5.74, 6) is 1.26. The van der Waals surface area contributed by atoms with Gasteiger partial charge in [-0.15, -0.1) is 0 Å². The van der Waals surface area contributed by atoms with Crippen LogP contribution in [0.3, 0.4) is 0 Å². The van der Waals surface area contributed by atoms with Crippen LogP contribution >= 0.6 is 0 Å². The second kappa shape index (κ2) is 11.1. The van der Waals surface area contributed by atoms with Crippen molar-refractivity contribution in [3.05, 3.63) is 94.4 Å². The van der Waals surface area contributed by atoms with Gasteiger partial charge in [-0.3, -0.25) is 0 Å². The predicted octanol–water partition coefficient (Wildman–Crippen LogP) is 6.46. The number of hydrogen-bond donors (Lipinski definition) is 1. The van der Waals surface area contributed by atoms with Crippen LogP contribution in [0.1, 0.15) is 67.6 Å². The number of rotatable bonds is 7. The van der Waals surface area contributed by atoms with E-state index < -0.39 is 11.9 Å². The van der Waals surface area contributed by atoms with Gasteiger partial charge < -0.3 is 24.7 Å². The molecule has 0 aromatic heterocycles. The Morgan fingerprint density at radius 3 is 2.38 bits per heavy atom. The van der Waals surface area contributed by atoms with Crippen LogP contribution in [0.5, 0.6) is 23.0 Å². The average Bonchev–Trinajstić information content (AvgIpc) is 2.90. The van der Waals surface area contributed by atoms with Gasteiger partial charge in [-0.2, -0.15) is 5.26 Å². The molecule has 3 aromatic rings. The lowest BCUT2D eigenvalue weighted by molar-refractivity contribution is 0.0734. The predicted molar refractivity (Wildman–Crippen MR) is 149 cm³/mol. The molecule has 1 unspecified atom stereocenters. The number of carbonyl (C=O) groups excluding carboxylic acids is 1. The lowest BCUT2D eigenvalue weighted by atomic mass is 9.83. The first-order chi connectivity index (χ1) is 18.5. The summed E-state index contributed by atoms with van der Waals surface area (Å²) in [4.78, 5) is 12.8. The van der Waals surface area contributed by atoms with Gasteiger partial charge in [-0.1, -0.05) is 58.9 Å². The standard InChI is InChI=1S/C32H34N2O5/c1-19(2)18-37-26-14-9-21(15-28(26)36-6)29-24-13-12-23(16-27(24)39-30(34)25(29)17-33)38-31(35)20-7-10-22(11-8-20)32(3,4)5/h7-16,19,29H,18,34H2,1-6H3. The first-order valence-corrected chi connectivity index (χ1v) is 12.9. The van der Waals surface area contributed by atoms with E-state index in [1.54, 1.807) is 37.4 Å². The highest BCUT2D eigenvalue weighted by atomic mass is 16.5. The number of carbonyl (C=O) groups is 1. The number of benzene rings is 3. The molecule has 0 spiro atoms. The van der Waals surface area contributed by atoms with Gasteiger partial charge in [0.05, 0.1) is 25.2 Å². The highest BCUT2D eigenvalue weighted by Crippen LogP contribution is 2.45. The van der Waals surface area contributed by atoms with E-state index in [2.05, 4.69) is 40.7 Å². The molecule has 0 fully saturated rings. The van der Waals surface area contributed by atoms with Gasteiger partial charge in [0.25, 0.3) is 0 Å². The molecule has 0 radical (unpaired) electrons. The Balaban J connectivity index is 1.63. The highest BCUT2D eigenvalue weighted by molar-refractivity contribution is 5.91. The maximum Gasteiger partial charge on any atom is 0.343 e. The van der Waals surface area contributed by atoms with Gasteiger partial charge in [-0.05, 0) is 52.8 Å². The Bertz CT molecular complexity index is 1440. The van der Waals surface area contributed by atoms with Gasteiger partial charge in [-0.25, -0.2) is 4.79 Å². The number of hydrogen-bond acceptors (Lipinski definition) is 7. The second-order valence-electron chi connectivity index (χ2n) is 11.0. The summed E-state index contributed by atoms with van der Waals surface area (Å²) in [5, 5.41) is 9.92. The molecule has 2 N–H and O–H groups in total. The van der Waals surface area contributed by atoms with Gasteiger partial charge >= 0.3 is 5.97 Å². The maximum absolute atomic E-state index is 12.8. The van der Waals surface area contributed by atoms with Crippen molar-refractivity contribution < 1.29 is 23.7 Å². The Hall–Kier alpha value is -4.44. The highest BCUT2D eigenvalue weighted by Gasteiger charge is 2.32. The van der Waals surface area contributed by atoms with Crippen LogP contribution < -0.4 is 24.7 Å². The van der Waals surface area contributed by atoms with Crippen molar-refractivity contribution in [1.82, 2.24) is 0 Å². The van der Waals surface area contributed by atoms with Crippen LogP contribution in [0.15, 0.2) is 72.1 Å². The van der Waals surface area contributed by atoms with Crippen molar-refractivity contribution in [3.8, 4) is 29.1 Å². The van der Waals surface area contributed by atoms with Gasteiger partial charge in [0.2, 0.25) is 5.88 Å². The van der Waals surface area contributed by atoms with Crippen LogP contribution in [-0.2, 0) is 5.41 Å². The average molecular weight is 527 g/mol. The van der Waals surface area contributed by atoms with Crippen molar-refractivity contribution in [2.45, 2.75) is 46.0 Å². The number of nitrogens with two attached hydrogens (primary N) is 1. The zero-order valence-corrected chi connectivity index (χ0v) is 23.2. The fourth-order valence-electron chi connectivity index (χ4n) is 4.35. The number of fused-ring (bicyclic) bond motifs is 1. The van der Waals surface area contributed by atoms with Crippen molar-refractivity contribution in [2.24, 2.45) is 11.7 Å². The summed E-state index contributed by atoms with van der Waals surface area (Å²) in [6, 6.07) is 20.2. The van der Waals surface area contributed by atoms with Crippen molar-refractivity contribution in [1.29, 1.82) is 5.26 Å². The van der Waals surface area contributed by atoms with Gasteiger partial charge in [0.15, 0.2) is 11.5 Å². The Kier molecular flexibility index (Phi) is 7.87. The molecule has 1 aliphatic heterocycles. The number of esters is 1. The maximum atomic E-state index is 12.8. The number of nitriles is 1. The topological polar surface area (TPSA) is 104 Å². The molecule has 1 heterocycles. The molecule has 4 rings (SSSR count). The molecule has 0 aliphatic carbocycles. The van der Waals surface area contributed by atoms with E-state index in [9.17, 15) is 10.1 Å². The van der Waals surface area contributed by atoms with Gasteiger partial charge in [0, 0.05) is 11.6 Å². The number of methoxy groups -OCH3 is 1. The third-order valence-electron chi connectivity index (χ3n) is 6.48. The number of allylic oxidation sites excluding steroid dienone is 1. The molecule has 0 saturated heterocycles. The van der Waals surface area contributed by atoms with Crippen molar-refractivity contribution in [3.63, 3.8) is 0 Å². The SMILES string of the molecule is COc1cc(C2C(C#N)=C(N)Oc3cc(OC(=O)c4ccc(C(C)(C)C)cc4)ccc32)ccc1OCC(C)C. The first-order valence-electron chi connectivity index (χ1n) is 12.9. The summed E-state index contributed by atoms with van der Waals surface area (Å²) < 4.78 is 22.9. The molecule has 202 valence electrons. The van der Waals surface area contributed by atoms with Crippen molar-refractivity contribution in [2.75, 3.05) is 13.7 Å². The molecule has 3 aromatic carbocycles. The van der Waals surface area contributed by atoms with E-state index in [-0.39, 0.29) is 16.9 Å². The fourth-order valence-corrected chi connectivity index (χ4v) is 4.35. The Morgan fingerprint density at radius 2 is 1.77 bits per heavy atom. The largest absolute Gasteiger partial charge is 0.493 e. The molecule has 7 nitrogen and oxygen atoms in total. The summed E-state index contributed by atoms with van der Waals surface area (Å²) in [6.45, 7) is 11.0. The summed E-state index contributed by atoms with van der Waals surface area (Å²) in [5.41, 5.74) is 9.51. The zero-order chi connectivity index (χ0) is 28.3. The quantitative estimate of drug-likeness (QED) is 0.278. The molecule has 7 heteroatoms. The molecule has 1 aliphatic rings. The summed E-state index contributed by atoms with van der Waals surface area (Å²) in [6.07, 6.45) is 0. The molecule has 39 heavy (non-hydrogen) atoms. The van der Waals surface area contributed by atoms with Crippen molar-refractivity contribution >= 4 is 5.97 Å². The molecule has 0 saturated carbocycles. The summed E-state index contributed by atoms with van der Waals surface area (Å²) >= 11 is 0. The molecule has 0 bridgehead atoms. The smallest absolute Gasteiger partial charge is 0.343 e. The minimum absolute atomic E-state index is 0.00431. The molecule has 1 atom stereocenters. The van der Waals surface area contributed by atoms with E-state index >= 15 is 0 Å². The van der Waals surface area contributed by atoms with Crippen LogP contribution in [-0.4, -0.2) is 19.7 Å². The summed E-state index contributed by atoms with van der Waals surface area (Å²) in [7, 11) is 1.58. The van der Waals surface area contributed by atoms with Crippen LogP contribution in [0.25, 0.3) is 0 Å². The van der Waals surface area contributed by atoms with Gasteiger partial charge in [0.1, 0.15) is 23.1 Å². The van der Waals surface area contributed by atoms with E-state index in [0.29, 0.717) is 46.6 Å². The van der Waals surface area contributed by atoms with E-state index in [4.69, 9.17) is 24.7 Å². The van der Waals surface area contributed by atoms with E-state index in [1.807, 2.05) is 30.3 Å². The molecular formula is C32H34N2O5. The normalized spacial score (nSPS) is 14.8. The Morgan fingerprint density at radius 1 is 1.05 bits per heavy atom. The first kappa shape index (κ1) is 27.6. The number of nitrogens with zero attached hydrogens (tertiary/aromatic N) is 1. The lowest BCUT2D eigenvalue weighted by Crippen LogP contribution is -2.21. The zero-order valence-electron chi connectivity index (χ0n) is 23.2. The van der Waals surface area contributed by atoms with E-state index in [0.717, 1.165) is 11.1 Å². The minimum atomic E-state index is -0.499. The minimum Gasteiger partial charge on any atom is -0.493 e. The van der Waals surface area contributed by atoms with Crippen LogP contribution in [0, 0.1) is 17.2 Å². The molecule has 0 amide bonds. The monoisotopic (exact) mass is 526 g/mol. The Labute approximate surface area is 229 Å². The third kappa shape index (κ3) is 6.01. The number of ether oxygens (including phenoxy) is 4. The lowest BCUT2D eigenvalue weighted by Gasteiger charge is -2.27. The van der Waals surface area contributed by atoms with Crippen LogP contribution in [0.2, 0.25) is 0 Å². The third-order valence-corrected chi connectivity index (χ3v) is 6.48.